The number of hydrogen-bond donors (Lipinski definition) is 3. The minimum Gasteiger partial charge on any atom is -0.497 e. The van der Waals surface area contributed by atoms with Gasteiger partial charge in [0.1, 0.15) is 22.9 Å². The van der Waals surface area contributed by atoms with E-state index < -0.39 is 17.7 Å². The molecule has 1 fully saturated rings. The molecule has 206 valence electrons. The summed E-state index contributed by atoms with van der Waals surface area (Å²) in [7, 11) is 1.44. The number of nitrogens with one attached hydrogen (secondary N) is 2. The highest BCUT2D eigenvalue weighted by molar-refractivity contribution is 8.00. The van der Waals surface area contributed by atoms with Gasteiger partial charge in [0.2, 0.25) is 5.91 Å². The minimum atomic E-state index is -0.608. The van der Waals surface area contributed by atoms with Gasteiger partial charge in [-0.1, -0.05) is 0 Å². The van der Waals surface area contributed by atoms with Gasteiger partial charge in [0.05, 0.1) is 35.8 Å². The predicted molar refractivity (Wildman–Crippen MR) is 148 cm³/mol. The Labute approximate surface area is 235 Å². The first-order valence-corrected chi connectivity index (χ1v) is 12.8. The number of aliphatic hydroxyl groups excluding tert-OH is 1. The van der Waals surface area contributed by atoms with Crippen LogP contribution in [-0.2, 0) is 17.8 Å². The molecular formula is C25H29Cl2F2N5O3S. The van der Waals surface area contributed by atoms with Crippen molar-refractivity contribution >= 4 is 59.2 Å². The minimum absolute atomic E-state index is 0. The number of anilines is 1. The first-order valence-electron chi connectivity index (χ1n) is 11.8. The highest BCUT2D eigenvalue weighted by Crippen LogP contribution is 2.30. The van der Waals surface area contributed by atoms with Crippen LogP contribution in [0, 0.1) is 11.6 Å². The molecule has 2 aliphatic heterocycles. The van der Waals surface area contributed by atoms with Crippen molar-refractivity contribution in [3.63, 3.8) is 0 Å². The number of nitrogens with zero attached hydrogens (tertiary/aromatic N) is 3. The molecule has 1 aromatic carbocycles. The molecule has 38 heavy (non-hydrogen) atoms. The van der Waals surface area contributed by atoms with Gasteiger partial charge in [0, 0.05) is 42.7 Å². The van der Waals surface area contributed by atoms with Gasteiger partial charge < -0.3 is 25.4 Å². The molecule has 1 amide bonds. The summed E-state index contributed by atoms with van der Waals surface area (Å²) >= 11 is 1.47. The molecule has 3 aromatic rings. The molecule has 2 aromatic heterocycles. The van der Waals surface area contributed by atoms with Crippen LogP contribution in [0.25, 0.3) is 10.9 Å². The lowest BCUT2D eigenvalue weighted by Crippen LogP contribution is -2.52. The molecule has 3 N–H and O–H groups in total. The number of hydrogen-bond acceptors (Lipinski definition) is 8. The van der Waals surface area contributed by atoms with E-state index in [1.807, 2.05) is 12.1 Å². The zero-order chi connectivity index (χ0) is 25.2. The number of thioether (sulfide) groups is 1. The van der Waals surface area contributed by atoms with E-state index in [1.54, 1.807) is 6.07 Å². The SMILES string of the molecule is COc1cc(F)c2ncc(F)c(CCN3CC[C@H](NCc4ccc5c(n4)NC(=O)CS5)[C@@H](O)C3)c2c1.Cl.Cl. The molecular weight excluding hydrogens is 559 g/mol. The number of aromatic nitrogens is 2. The molecule has 0 unspecified atom stereocenters. The quantitative estimate of drug-likeness (QED) is 0.386. The summed E-state index contributed by atoms with van der Waals surface area (Å²) < 4.78 is 34.2. The van der Waals surface area contributed by atoms with E-state index >= 15 is 0 Å². The van der Waals surface area contributed by atoms with Crippen LogP contribution in [-0.4, -0.2) is 70.5 Å². The second-order valence-electron chi connectivity index (χ2n) is 8.97. The maximum absolute atomic E-state index is 14.6. The predicted octanol–water partition coefficient (Wildman–Crippen LogP) is 3.57. The van der Waals surface area contributed by atoms with Crippen LogP contribution < -0.4 is 15.4 Å². The standard InChI is InChI=1S/C25H27F2N5O3S.2ClH/c1-35-15-8-17-16(19(27)11-29-24(17)18(26)9-15)4-6-32-7-5-20(21(33)12-32)28-10-14-2-3-22-25(30-14)31-23(34)13-36-22;;/h2-3,8-9,11,20-21,28,33H,4-7,10,12-13H2,1H3,(H,30,31,34);2*1H/t20-,21-;;/m0../s1. The Bertz CT molecular complexity index is 1310. The number of likely N-dealkylation sites (tertiary alicyclic amines) is 1. The monoisotopic (exact) mass is 587 g/mol. The Hall–Kier alpha value is -2.28. The van der Waals surface area contributed by atoms with Gasteiger partial charge in [-0.25, -0.2) is 13.8 Å². The van der Waals surface area contributed by atoms with Crippen molar-refractivity contribution in [2.45, 2.75) is 36.4 Å². The normalized spacial score (nSPS) is 19.2. The number of piperidine rings is 1. The molecule has 8 nitrogen and oxygen atoms in total. The lowest BCUT2D eigenvalue weighted by molar-refractivity contribution is -0.113. The number of fused-ring (bicyclic) bond motifs is 2. The zero-order valence-corrected chi connectivity index (χ0v) is 23.0. The van der Waals surface area contributed by atoms with Crippen LogP contribution in [0.4, 0.5) is 14.6 Å². The van der Waals surface area contributed by atoms with Crippen molar-refractivity contribution in [3.05, 3.63) is 53.4 Å². The van der Waals surface area contributed by atoms with E-state index in [0.717, 1.165) is 23.3 Å². The number of methoxy groups -OCH3 is 1. The fourth-order valence-corrected chi connectivity index (χ4v) is 5.44. The molecule has 0 bridgehead atoms. The van der Waals surface area contributed by atoms with E-state index in [9.17, 15) is 18.7 Å². The number of ether oxygens (including phenoxy) is 1. The van der Waals surface area contributed by atoms with Gasteiger partial charge in [-0.05, 0) is 37.6 Å². The van der Waals surface area contributed by atoms with E-state index in [0.29, 0.717) is 60.7 Å². The summed E-state index contributed by atoms with van der Waals surface area (Å²) in [6, 6.07) is 6.60. The summed E-state index contributed by atoms with van der Waals surface area (Å²) in [6.45, 7) is 2.14. The number of β-amino-alcohol motifs (C(OH)–C–C–N with tert-alkyl or cyclic N) is 1. The topological polar surface area (TPSA) is 99.6 Å². The summed E-state index contributed by atoms with van der Waals surface area (Å²) in [4.78, 5) is 23.1. The zero-order valence-electron chi connectivity index (χ0n) is 20.6. The highest BCUT2D eigenvalue weighted by Gasteiger charge is 2.28. The number of benzene rings is 1. The van der Waals surface area contributed by atoms with Crippen LogP contribution >= 0.6 is 36.6 Å². The van der Waals surface area contributed by atoms with Gasteiger partial charge in [-0.2, -0.15) is 0 Å². The third kappa shape index (κ3) is 6.64. The molecule has 0 aliphatic carbocycles. The molecule has 0 saturated carbocycles. The van der Waals surface area contributed by atoms with Crippen molar-refractivity contribution < 1.29 is 23.4 Å². The maximum Gasteiger partial charge on any atom is 0.235 e. The van der Waals surface area contributed by atoms with Gasteiger partial charge in [-0.15, -0.1) is 36.6 Å². The van der Waals surface area contributed by atoms with Gasteiger partial charge in [0.25, 0.3) is 0 Å². The smallest absolute Gasteiger partial charge is 0.235 e. The summed E-state index contributed by atoms with van der Waals surface area (Å²) in [5.41, 5.74) is 1.29. The fourth-order valence-electron chi connectivity index (χ4n) is 4.68. The van der Waals surface area contributed by atoms with E-state index in [1.165, 1.54) is 24.9 Å². The molecule has 2 aliphatic rings. The number of carbonyl (C=O) groups is 1. The second kappa shape index (κ2) is 13.2. The molecule has 0 radical (unpaired) electrons. The Balaban J connectivity index is 0.00000200. The van der Waals surface area contributed by atoms with Gasteiger partial charge in [0.15, 0.2) is 5.82 Å². The number of amides is 1. The van der Waals surface area contributed by atoms with Crippen molar-refractivity contribution in [2.75, 3.05) is 37.8 Å². The van der Waals surface area contributed by atoms with Crippen LogP contribution in [0.2, 0.25) is 0 Å². The number of aliphatic hydroxyl groups is 1. The average Bonchev–Trinajstić information content (AvgIpc) is 2.87. The average molecular weight is 589 g/mol. The van der Waals surface area contributed by atoms with Crippen LogP contribution in [0.1, 0.15) is 17.7 Å². The van der Waals surface area contributed by atoms with Crippen molar-refractivity contribution in [3.8, 4) is 5.75 Å². The van der Waals surface area contributed by atoms with Crippen LogP contribution in [0.15, 0.2) is 35.4 Å². The van der Waals surface area contributed by atoms with Crippen LogP contribution in [0.5, 0.6) is 5.75 Å². The second-order valence-corrected chi connectivity index (χ2v) is 9.99. The number of pyridine rings is 2. The third-order valence-electron chi connectivity index (χ3n) is 6.61. The molecule has 1 saturated heterocycles. The Kier molecular flexibility index (Phi) is 10.5. The summed E-state index contributed by atoms with van der Waals surface area (Å²) in [5.74, 6) is 0.190. The van der Waals surface area contributed by atoms with Gasteiger partial charge in [-0.3, -0.25) is 9.78 Å². The Morgan fingerprint density at radius 1 is 1.26 bits per heavy atom. The largest absolute Gasteiger partial charge is 0.497 e. The number of halogens is 4. The summed E-state index contributed by atoms with van der Waals surface area (Å²) in [5, 5.41) is 17.3. The summed E-state index contributed by atoms with van der Waals surface area (Å²) in [6.07, 6.45) is 1.51. The lowest BCUT2D eigenvalue weighted by Gasteiger charge is -2.36. The van der Waals surface area contributed by atoms with E-state index in [4.69, 9.17) is 4.74 Å². The highest BCUT2D eigenvalue weighted by atomic mass is 35.5. The van der Waals surface area contributed by atoms with Crippen molar-refractivity contribution in [1.29, 1.82) is 0 Å². The fraction of sp³-hybridized carbons (Fsp3) is 0.400. The first kappa shape index (κ1) is 30.3. The van der Waals surface area contributed by atoms with Crippen molar-refractivity contribution in [1.82, 2.24) is 20.2 Å². The molecule has 2 atom stereocenters. The van der Waals surface area contributed by atoms with Crippen molar-refractivity contribution in [2.24, 2.45) is 0 Å². The van der Waals surface area contributed by atoms with Crippen LogP contribution in [0.3, 0.4) is 0 Å². The maximum atomic E-state index is 14.6. The Morgan fingerprint density at radius 3 is 2.84 bits per heavy atom. The lowest BCUT2D eigenvalue weighted by atomic mass is 10.00. The number of carbonyl (C=O) groups excluding carboxylic acids is 1. The third-order valence-corrected chi connectivity index (χ3v) is 7.66. The molecule has 4 heterocycles. The van der Waals surface area contributed by atoms with Gasteiger partial charge >= 0.3 is 0 Å². The molecule has 13 heteroatoms. The Morgan fingerprint density at radius 2 is 2.08 bits per heavy atom. The number of rotatable bonds is 7. The first-order chi connectivity index (χ1) is 17.4. The molecule has 5 rings (SSSR count). The molecule has 0 spiro atoms. The van der Waals surface area contributed by atoms with E-state index in [2.05, 4.69) is 25.5 Å². The van der Waals surface area contributed by atoms with E-state index in [-0.39, 0.29) is 42.3 Å².